The Bertz CT molecular complexity index is 631. The summed E-state index contributed by atoms with van der Waals surface area (Å²) in [6, 6.07) is 3.38. The molecule has 0 saturated heterocycles. The summed E-state index contributed by atoms with van der Waals surface area (Å²) in [6.07, 6.45) is 1.44. The van der Waals surface area contributed by atoms with Gasteiger partial charge in [-0.2, -0.15) is 0 Å². The van der Waals surface area contributed by atoms with E-state index in [0.717, 1.165) is 0 Å². The second-order valence-electron chi connectivity index (χ2n) is 4.55. The molecule has 7 heteroatoms. The van der Waals surface area contributed by atoms with E-state index in [4.69, 9.17) is 5.73 Å². The predicted molar refractivity (Wildman–Crippen MR) is 65.8 cm³/mol. The minimum absolute atomic E-state index is 0.383. The number of hydrogen-bond donors (Lipinski definition) is 1. The van der Waals surface area contributed by atoms with Gasteiger partial charge in [-0.25, -0.2) is 22.0 Å². The quantitative estimate of drug-likeness (QED) is 0.535. The van der Waals surface area contributed by atoms with E-state index in [2.05, 4.69) is 4.98 Å². The van der Waals surface area contributed by atoms with Crippen LogP contribution in [0.5, 0.6) is 0 Å². The SMILES string of the molecule is CC(c1ccccn1)C(N)c1c(F)c(F)c(F)c(F)c1F. The van der Waals surface area contributed by atoms with E-state index in [1.54, 1.807) is 18.2 Å². The van der Waals surface area contributed by atoms with E-state index in [0.29, 0.717) is 5.69 Å². The van der Waals surface area contributed by atoms with Crippen LogP contribution >= 0.6 is 0 Å². The Morgan fingerprint density at radius 2 is 1.43 bits per heavy atom. The van der Waals surface area contributed by atoms with Gasteiger partial charge in [-0.15, -0.1) is 0 Å². The van der Waals surface area contributed by atoms with Gasteiger partial charge in [-0.1, -0.05) is 13.0 Å². The second kappa shape index (κ2) is 5.77. The summed E-state index contributed by atoms with van der Waals surface area (Å²) >= 11 is 0. The molecule has 0 amide bonds. The van der Waals surface area contributed by atoms with Gasteiger partial charge in [0.1, 0.15) is 0 Å². The minimum atomic E-state index is -2.20. The molecule has 0 aliphatic rings. The fraction of sp³-hybridized carbons (Fsp3) is 0.214. The molecule has 112 valence electrons. The van der Waals surface area contributed by atoms with Gasteiger partial charge in [0.25, 0.3) is 0 Å². The van der Waals surface area contributed by atoms with Crippen LogP contribution in [0.25, 0.3) is 0 Å². The summed E-state index contributed by atoms with van der Waals surface area (Å²) in [5, 5.41) is 0. The molecule has 0 bridgehead atoms. The Kier molecular flexibility index (Phi) is 4.22. The average Bonchev–Trinajstić information content (AvgIpc) is 2.51. The van der Waals surface area contributed by atoms with Crippen LogP contribution in [0.15, 0.2) is 24.4 Å². The van der Waals surface area contributed by atoms with Crippen LogP contribution in [-0.2, 0) is 0 Å². The van der Waals surface area contributed by atoms with Crippen LogP contribution in [0.4, 0.5) is 22.0 Å². The van der Waals surface area contributed by atoms with E-state index in [1.165, 1.54) is 13.1 Å². The third kappa shape index (κ3) is 2.61. The van der Waals surface area contributed by atoms with Gasteiger partial charge in [-0.05, 0) is 12.1 Å². The topological polar surface area (TPSA) is 38.9 Å². The normalized spacial score (nSPS) is 14.0. The second-order valence-corrected chi connectivity index (χ2v) is 4.55. The molecule has 0 saturated carbocycles. The Morgan fingerprint density at radius 3 is 1.90 bits per heavy atom. The van der Waals surface area contributed by atoms with E-state index < -0.39 is 46.6 Å². The summed E-state index contributed by atoms with van der Waals surface area (Å²) in [4.78, 5) is 3.96. The molecule has 2 nitrogen and oxygen atoms in total. The molecule has 0 spiro atoms. The average molecular weight is 302 g/mol. The molecule has 0 aliphatic carbocycles. The van der Waals surface area contributed by atoms with Crippen molar-refractivity contribution in [3.63, 3.8) is 0 Å². The van der Waals surface area contributed by atoms with Gasteiger partial charge in [-0.3, -0.25) is 4.98 Å². The van der Waals surface area contributed by atoms with Crippen molar-refractivity contribution in [1.82, 2.24) is 4.98 Å². The van der Waals surface area contributed by atoms with Crippen molar-refractivity contribution in [1.29, 1.82) is 0 Å². The third-order valence-electron chi connectivity index (χ3n) is 3.27. The Balaban J connectivity index is 2.52. The Labute approximate surface area is 117 Å². The molecule has 1 aromatic carbocycles. The van der Waals surface area contributed by atoms with Gasteiger partial charge in [0.15, 0.2) is 23.3 Å². The van der Waals surface area contributed by atoms with Crippen molar-refractivity contribution in [2.24, 2.45) is 5.73 Å². The third-order valence-corrected chi connectivity index (χ3v) is 3.27. The maximum absolute atomic E-state index is 13.7. The maximum Gasteiger partial charge on any atom is 0.200 e. The Morgan fingerprint density at radius 1 is 0.905 bits per heavy atom. The lowest BCUT2D eigenvalue weighted by atomic mass is 9.91. The van der Waals surface area contributed by atoms with Gasteiger partial charge in [0, 0.05) is 29.4 Å². The number of hydrogen-bond acceptors (Lipinski definition) is 2. The van der Waals surface area contributed by atoms with E-state index >= 15 is 0 Å². The molecule has 0 radical (unpaired) electrons. The number of benzene rings is 1. The first kappa shape index (κ1) is 15.4. The van der Waals surface area contributed by atoms with Gasteiger partial charge < -0.3 is 5.73 Å². The van der Waals surface area contributed by atoms with Crippen molar-refractivity contribution in [2.75, 3.05) is 0 Å². The fourth-order valence-corrected chi connectivity index (χ4v) is 1.99. The number of rotatable bonds is 3. The van der Waals surface area contributed by atoms with Crippen molar-refractivity contribution in [3.8, 4) is 0 Å². The molecular weight excluding hydrogens is 291 g/mol. The summed E-state index contributed by atoms with van der Waals surface area (Å²) < 4.78 is 66.8. The lowest BCUT2D eigenvalue weighted by Gasteiger charge is -2.21. The maximum atomic E-state index is 13.7. The van der Waals surface area contributed by atoms with Crippen molar-refractivity contribution in [3.05, 3.63) is 64.7 Å². The lowest BCUT2D eigenvalue weighted by Crippen LogP contribution is -2.23. The highest BCUT2D eigenvalue weighted by atomic mass is 19.2. The van der Waals surface area contributed by atoms with Crippen LogP contribution in [0.3, 0.4) is 0 Å². The molecule has 21 heavy (non-hydrogen) atoms. The summed E-state index contributed by atoms with van der Waals surface area (Å²) in [6.45, 7) is 1.49. The molecule has 2 atom stereocenters. The van der Waals surface area contributed by atoms with Gasteiger partial charge >= 0.3 is 0 Å². The number of nitrogens with zero attached hydrogens (tertiary/aromatic N) is 1. The van der Waals surface area contributed by atoms with Crippen LogP contribution in [0.2, 0.25) is 0 Å². The number of nitrogens with two attached hydrogens (primary N) is 1. The first-order valence-corrected chi connectivity index (χ1v) is 6.04. The number of aromatic nitrogens is 1. The predicted octanol–water partition coefficient (Wildman–Crippen LogP) is 3.58. The summed E-state index contributed by atoms with van der Waals surface area (Å²) in [5.41, 5.74) is 5.03. The number of pyridine rings is 1. The van der Waals surface area contributed by atoms with E-state index in [-0.39, 0.29) is 0 Å². The molecule has 2 rings (SSSR count). The van der Waals surface area contributed by atoms with Crippen LogP contribution in [-0.4, -0.2) is 4.98 Å². The minimum Gasteiger partial charge on any atom is -0.323 e. The molecule has 2 N–H and O–H groups in total. The number of halogens is 5. The zero-order chi connectivity index (χ0) is 15.7. The van der Waals surface area contributed by atoms with Crippen molar-refractivity contribution >= 4 is 0 Å². The molecular formula is C14H11F5N2. The van der Waals surface area contributed by atoms with Crippen LogP contribution < -0.4 is 5.73 Å². The zero-order valence-corrected chi connectivity index (χ0v) is 10.9. The van der Waals surface area contributed by atoms with Crippen LogP contribution in [0, 0.1) is 29.1 Å². The highest BCUT2D eigenvalue weighted by Gasteiger charge is 2.31. The van der Waals surface area contributed by atoms with Gasteiger partial charge in [0.05, 0.1) is 0 Å². The lowest BCUT2D eigenvalue weighted by molar-refractivity contribution is 0.359. The van der Waals surface area contributed by atoms with E-state index in [1.807, 2.05) is 0 Å². The van der Waals surface area contributed by atoms with Crippen LogP contribution in [0.1, 0.15) is 30.1 Å². The fourth-order valence-electron chi connectivity index (χ4n) is 1.99. The highest BCUT2D eigenvalue weighted by Crippen LogP contribution is 2.33. The van der Waals surface area contributed by atoms with E-state index in [9.17, 15) is 22.0 Å². The van der Waals surface area contributed by atoms with Gasteiger partial charge in [0.2, 0.25) is 5.82 Å². The molecule has 2 unspecified atom stereocenters. The van der Waals surface area contributed by atoms with Crippen molar-refractivity contribution < 1.29 is 22.0 Å². The zero-order valence-electron chi connectivity index (χ0n) is 10.9. The first-order valence-electron chi connectivity index (χ1n) is 6.04. The summed E-state index contributed by atoms with van der Waals surface area (Å²) in [7, 11) is 0. The highest BCUT2D eigenvalue weighted by molar-refractivity contribution is 5.29. The molecule has 0 aliphatic heterocycles. The molecule has 0 fully saturated rings. The van der Waals surface area contributed by atoms with Crippen molar-refractivity contribution in [2.45, 2.75) is 18.9 Å². The standard InChI is InChI=1S/C14H11F5N2/c1-6(7-4-2-3-5-21-7)14(20)8-9(15)11(17)13(19)12(18)10(8)16/h2-6,14H,20H2,1H3. The Hall–Kier alpha value is -2.02. The largest absolute Gasteiger partial charge is 0.323 e. The monoisotopic (exact) mass is 302 g/mol. The molecule has 1 heterocycles. The summed E-state index contributed by atoms with van der Waals surface area (Å²) in [5.74, 6) is -10.8. The first-order chi connectivity index (χ1) is 9.86. The molecule has 2 aromatic rings. The smallest absolute Gasteiger partial charge is 0.200 e. The molecule has 1 aromatic heterocycles.